The van der Waals surface area contributed by atoms with Crippen molar-refractivity contribution in [1.82, 2.24) is 0 Å². The molecule has 0 saturated heterocycles. The molecule has 6 heteroatoms. The summed E-state index contributed by atoms with van der Waals surface area (Å²) in [5.74, 6) is 0. The molecule has 0 N–H and O–H groups in total. The molecule has 13 heavy (non-hydrogen) atoms. The first-order valence-corrected chi connectivity index (χ1v) is 5.26. The third-order valence-electron chi connectivity index (χ3n) is 2.29. The average Bonchev–Trinajstić information content (AvgIpc) is 2.00. The molecule has 0 aliphatic heterocycles. The fraction of sp³-hybridized carbons (Fsp3) is 1.00. The van der Waals surface area contributed by atoms with Gasteiger partial charge in [0.05, 0.1) is 26.7 Å². The molecule has 0 aliphatic carbocycles. The van der Waals surface area contributed by atoms with Crippen molar-refractivity contribution in [2.24, 2.45) is 0 Å². The van der Waals surface area contributed by atoms with Crippen LogP contribution in [0.25, 0.3) is 0 Å². The highest BCUT2D eigenvalue weighted by Crippen LogP contribution is 2.15. The third-order valence-corrected chi connectivity index (χ3v) is 2.29. The molecule has 0 atom stereocenters. The zero-order chi connectivity index (χ0) is 11.1. The van der Waals surface area contributed by atoms with Gasteiger partial charge < -0.3 is 13.1 Å². The smallest absolute Gasteiger partial charge is 0.450 e. The molecule has 0 saturated carbocycles. The Kier molecular flexibility index (Phi) is 8.39. The largest absolute Gasteiger partial charge is 0.487 e. The van der Waals surface area contributed by atoms with Crippen LogP contribution in [0.15, 0.2) is 0 Å². The molecule has 0 spiro atoms. The van der Waals surface area contributed by atoms with E-state index in [2.05, 4.69) is 50.7 Å². The molecule has 0 fully saturated rings. The predicted molar refractivity (Wildman–Crippen MR) is 57.5 cm³/mol. The van der Waals surface area contributed by atoms with E-state index < -0.39 is 5.53 Å². The van der Waals surface area contributed by atoms with E-state index in [9.17, 15) is 8.63 Å². The van der Waals surface area contributed by atoms with Gasteiger partial charge in [0, 0.05) is 0 Å². The van der Waals surface area contributed by atoms with E-state index in [4.69, 9.17) is 0 Å². The summed E-state index contributed by atoms with van der Waals surface area (Å²) in [6.45, 7) is 10.5. The molecule has 0 amide bonds. The minimum Gasteiger partial charge on any atom is -0.450 e. The zero-order valence-electron chi connectivity index (χ0n) is 8.66. The molecular formula is C7H18BCl2F2N. The Bertz CT molecular complexity index is 112. The van der Waals surface area contributed by atoms with E-state index in [1.807, 2.05) is 0 Å². The second-order valence-corrected chi connectivity index (χ2v) is 4.38. The average molecular weight is 236 g/mol. The first-order valence-electron chi connectivity index (χ1n) is 4.39. The van der Waals surface area contributed by atoms with E-state index in [-0.39, 0.29) is 0 Å². The van der Waals surface area contributed by atoms with Gasteiger partial charge in [-0.25, -0.2) is 0 Å². The summed E-state index contributed by atoms with van der Waals surface area (Å²) in [5.41, 5.74) is -4.06. The van der Waals surface area contributed by atoms with Crippen molar-refractivity contribution in [1.29, 1.82) is 0 Å². The molecule has 0 rings (SSSR count). The Morgan fingerprint density at radius 1 is 1.00 bits per heavy atom. The molecule has 0 bridgehead atoms. The summed E-state index contributed by atoms with van der Waals surface area (Å²) in [4.78, 5) is 0. The van der Waals surface area contributed by atoms with Gasteiger partial charge in [0.25, 0.3) is 0 Å². The maximum absolute atomic E-state index is 10.6. The van der Waals surface area contributed by atoms with Crippen molar-refractivity contribution in [3.8, 4) is 0 Å². The molecule has 0 aliphatic rings. The highest BCUT2D eigenvalue weighted by molar-refractivity contribution is 7.38. The minimum atomic E-state index is -4.06. The number of quaternary nitrogens is 1. The van der Waals surface area contributed by atoms with Crippen molar-refractivity contribution in [3.05, 3.63) is 0 Å². The molecule has 0 unspecified atom stereocenters. The van der Waals surface area contributed by atoms with Crippen LogP contribution in [0.5, 0.6) is 0 Å². The highest BCUT2D eigenvalue weighted by atomic mass is 35.5. The van der Waals surface area contributed by atoms with Gasteiger partial charge in [-0.15, -0.1) is 0 Å². The Morgan fingerprint density at radius 2 is 1.15 bits per heavy atom. The van der Waals surface area contributed by atoms with Crippen molar-refractivity contribution < 1.29 is 13.1 Å². The normalized spacial score (nSPS) is 12.0. The van der Waals surface area contributed by atoms with Crippen molar-refractivity contribution in [2.75, 3.05) is 26.7 Å². The first-order chi connectivity index (χ1) is 5.68. The van der Waals surface area contributed by atoms with E-state index in [1.54, 1.807) is 0 Å². The van der Waals surface area contributed by atoms with E-state index in [0.29, 0.717) is 0 Å². The van der Waals surface area contributed by atoms with Gasteiger partial charge in [0.15, 0.2) is 0 Å². The van der Waals surface area contributed by atoms with Crippen LogP contribution in [0.2, 0.25) is 0 Å². The highest BCUT2D eigenvalue weighted by Gasteiger charge is 2.11. The van der Waals surface area contributed by atoms with Gasteiger partial charge in [0.1, 0.15) is 0 Å². The fourth-order valence-electron chi connectivity index (χ4n) is 0.671. The van der Waals surface area contributed by atoms with Gasteiger partial charge in [0.2, 0.25) is 0 Å². The SMILES string of the molecule is CC[N+](C)(CC)CC.F[B-](F)(Cl)Cl. The Balaban J connectivity index is 0. The second kappa shape index (κ2) is 6.85. The summed E-state index contributed by atoms with van der Waals surface area (Å²) in [6, 6.07) is 0. The number of rotatable bonds is 3. The maximum Gasteiger partial charge on any atom is 0.487 e. The van der Waals surface area contributed by atoms with Crippen LogP contribution in [0.3, 0.4) is 0 Å². The first kappa shape index (κ1) is 15.9. The van der Waals surface area contributed by atoms with Gasteiger partial charge >= 0.3 is 5.53 Å². The minimum absolute atomic E-state index is 1.21. The second-order valence-electron chi connectivity index (χ2n) is 3.06. The lowest BCUT2D eigenvalue weighted by Gasteiger charge is -2.30. The fourth-order valence-corrected chi connectivity index (χ4v) is 0.671. The molecule has 0 heterocycles. The third kappa shape index (κ3) is 15.2. The molecule has 0 aromatic heterocycles. The summed E-state index contributed by atoms with van der Waals surface area (Å²) >= 11 is 8.05. The molecule has 0 aromatic rings. The summed E-state index contributed by atoms with van der Waals surface area (Å²) in [6.07, 6.45) is 0. The molecule has 0 aromatic carbocycles. The Morgan fingerprint density at radius 3 is 1.15 bits per heavy atom. The standard InChI is InChI=1S/C7H18N.BCl2F2/c1-5-8(4,6-2)7-3;2-1(3,4)5/h5-7H2,1-4H3;/q+1;-1. The molecular weight excluding hydrogens is 218 g/mol. The Hall–Kier alpha value is 0.465. The molecule has 1 nitrogen and oxygen atoms in total. The quantitative estimate of drug-likeness (QED) is 0.520. The van der Waals surface area contributed by atoms with E-state index >= 15 is 0 Å². The molecule has 0 radical (unpaired) electrons. The monoisotopic (exact) mass is 235 g/mol. The number of halogens is 4. The lowest BCUT2D eigenvalue weighted by molar-refractivity contribution is -0.904. The van der Waals surface area contributed by atoms with Crippen LogP contribution >= 0.6 is 22.9 Å². The van der Waals surface area contributed by atoms with Gasteiger partial charge in [-0.2, -0.15) is 0 Å². The predicted octanol–water partition coefficient (Wildman–Crippen LogP) is 3.33. The van der Waals surface area contributed by atoms with Gasteiger partial charge in [-0.05, 0) is 20.8 Å². The zero-order valence-corrected chi connectivity index (χ0v) is 10.2. The van der Waals surface area contributed by atoms with Crippen LogP contribution in [-0.4, -0.2) is 36.7 Å². The van der Waals surface area contributed by atoms with Crippen molar-refractivity contribution >= 4 is 28.5 Å². The maximum atomic E-state index is 10.6. The van der Waals surface area contributed by atoms with E-state index in [0.717, 1.165) is 0 Å². The summed E-state index contributed by atoms with van der Waals surface area (Å²) < 4.78 is 22.4. The summed E-state index contributed by atoms with van der Waals surface area (Å²) in [5, 5.41) is 0. The van der Waals surface area contributed by atoms with Crippen LogP contribution in [0.1, 0.15) is 20.8 Å². The lowest BCUT2D eigenvalue weighted by Crippen LogP contribution is -2.42. The van der Waals surface area contributed by atoms with Crippen LogP contribution < -0.4 is 0 Å². The van der Waals surface area contributed by atoms with Crippen molar-refractivity contribution in [2.45, 2.75) is 20.8 Å². The van der Waals surface area contributed by atoms with Gasteiger partial charge in [-0.1, -0.05) is 0 Å². The topological polar surface area (TPSA) is 0 Å². The van der Waals surface area contributed by atoms with E-state index in [1.165, 1.54) is 24.1 Å². The Labute approximate surface area is 89.4 Å². The lowest BCUT2D eigenvalue weighted by atomic mass is 10.4. The van der Waals surface area contributed by atoms with Crippen LogP contribution in [0.4, 0.5) is 8.63 Å². The number of hydrogen-bond acceptors (Lipinski definition) is 0. The molecule has 82 valence electrons. The van der Waals surface area contributed by atoms with Crippen molar-refractivity contribution in [3.63, 3.8) is 0 Å². The summed E-state index contributed by atoms with van der Waals surface area (Å²) in [7, 11) is 2.29. The number of hydrogen-bond donors (Lipinski definition) is 0. The van der Waals surface area contributed by atoms with Crippen LogP contribution in [-0.2, 0) is 0 Å². The van der Waals surface area contributed by atoms with Gasteiger partial charge in [-0.3, -0.25) is 22.9 Å². The number of nitrogens with zero attached hydrogens (tertiary/aromatic N) is 1. The van der Waals surface area contributed by atoms with Crippen LogP contribution in [0, 0.1) is 0 Å².